The fraction of sp³-hybridized carbons (Fsp3) is 0.316. The molecule has 150 valence electrons. The number of aryl methyl sites for hydroxylation is 1. The maximum atomic E-state index is 13.5. The molecule has 0 aliphatic carbocycles. The van der Waals surface area contributed by atoms with Crippen LogP contribution in [0.25, 0.3) is 0 Å². The SMILES string of the molecule is CCOC(=O)c1sc(NC(=O)CCCNC(=O)c2ccc(F)cc2F)cc1C. The summed E-state index contributed by atoms with van der Waals surface area (Å²) in [5.74, 6) is -3.09. The lowest BCUT2D eigenvalue weighted by Crippen LogP contribution is -2.26. The summed E-state index contributed by atoms with van der Waals surface area (Å²) >= 11 is 1.13. The lowest BCUT2D eigenvalue weighted by Gasteiger charge is -2.06. The molecule has 1 aromatic carbocycles. The quantitative estimate of drug-likeness (QED) is 0.514. The Hall–Kier alpha value is -2.81. The van der Waals surface area contributed by atoms with E-state index < -0.39 is 23.5 Å². The summed E-state index contributed by atoms with van der Waals surface area (Å²) in [7, 11) is 0. The summed E-state index contributed by atoms with van der Waals surface area (Å²) in [6.45, 7) is 3.89. The minimum absolute atomic E-state index is 0.123. The third kappa shape index (κ3) is 5.85. The Labute approximate surface area is 164 Å². The third-order valence-corrected chi connectivity index (χ3v) is 4.82. The number of anilines is 1. The molecule has 28 heavy (non-hydrogen) atoms. The Morgan fingerprint density at radius 3 is 2.61 bits per heavy atom. The Bertz CT molecular complexity index is 883. The Morgan fingerprint density at radius 2 is 1.93 bits per heavy atom. The summed E-state index contributed by atoms with van der Waals surface area (Å²) in [5, 5.41) is 5.70. The minimum Gasteiger partial charge on any atom is -0.462 e. The molecule has 0 saturated carbocycles. The van der Waals surface area contributed by atoms with Gasteiger partial charge in [-0.15, -0.1) is 11.3 Å². The van der Waals surface area contributed by atoms with Gasteiger partial charge in [-0.05, 0) is 44.0 Å². The number of carbonyl (C=O) groups is 3. The molecule has 1 aromatic heterocycles. The van der Waals surface area contributed by atoms with Crippen LogP contribution in [-0.4, -0.2) is 30.9 Å². The van der Waals surface area contributed by atoms with Crippen LogP contribution in [0.3, 0.4) is 0 Å². The highest BCUT2D eigenvalue weighted by Gasteiger charge is 2.16. The largest absolute Gasteiger partial charge is 0.462 e. The van der Waals surface area contributed by atoms with Crippen molar-refractivity contribution in [2.45, 2.75) is 26.7 Å². The van der Waals surface area contributed by atoms with Crippen LogP contribution in [0.5, 0.6) is 0 Å². The van der Waals surface area contributed by atoms with Gasteiger partial charge >= 0.3 is 5.97 Å². The second-order valence-corrected chi connectivity index (χ2v) is 6.93. The fourth-order valence-corrected chi connectivity index (χ4v) is 3.35. The first-order valence-electron chi connectivity index (χ1n) is 8.62. The van der Waals surface area contributed by atoms with Crippen molar-refractivity contribution in [2.24, 2.45) is 0 Å². The summed E-state index contributed by atoms with van der Waals surface area (Å²) in [6.07, 6.45) is 0.452. The Balaban J connectivity index is 1.78. The van der Waals surface area contributed by atoms with Crippen molar-refractivity contribution < 1.29 is 27.9 Å². The van der Waals surface area contributed by atoms with Crippen molar-refractivity contribution in [1.82, 2.24) is 5.32 Å². The van der Waals surface area contributed by atoms with Gasteiger partial charge in [0.2, 0.25) is 5.91 Å². The Morgan fingerprint density at radius 1 is 1.18 bits per heavy atom. The number of carbonyl (C=O) groups excluding carboxylic acids is 3. The van der Waals surface area contributed by atoms with Crippen LogP contribution in [0.2, 0.25) is 0 Å². The van der Waals surface area contributed by atoms with E-state index in [-0.39, 0.29) is 31.0 Å². The Kier molecular flexibility index (Phi) is 7.62. The number of amides is 2. The molecule has 0 spiro atoms. The predicted molar refractivity (Wildman–Crippen MR) is 102 cm³/mol. The van der Waals surface area contributed by atoms with Crippen LogP contribution in [0.15, 0.2) is 24.3 Å². The molecular formula is C19H20F2N2O4S. The van der Waals surface area contributed by atoms with E-state index in [1.54, 1.807) is 19.9 Å². The van der Waals surface area contributed by atoms with Crippen molar-refractivity contribution in [2.75, 3.05) is 18.5 Å². The van der Waals surface area contributed by atoms with Crippen molar-refractivity contribution in [1.29, 1.82) is 0 Å². The molecule has 2 amide bonds. The fourth-order valence-electron chi connectivity index (χ4n) is 2.36. The normalized spacial score (nSPS) is 10.4. The standard InChI is InChI=1S/C19H20F2N2O4S/c1-3-27-19(26)17-11(2)9-16(28-17)23-15(24)5-4-8-22-18(25)13-7-6-12(20)10-14(13)21/h6-7,9-10H,3-5,8H2,1-2H3,(H,22,25)(H,23,24). The lowest BCUT2D eigenvalue weighted by molar-refractivity contribution is -0.116. The van der Waals surface area contributed by atoms with Crippen LogP contribution in [0.4, 0.5) is 13.8 Å². The third-order valence-electron chi connectivity index (χ3n) is 3.68. The number of hydrogen-bond acceptors (Lipinski definition) is 5. The van der Waals surface area contributed by atoms with Crippen LogP contribution < -0.4 is 10.6 Å². The van der Waals surface area contributed by atoms with Gasteiger partial charge in [0, 0.05) is 19.0 Å². The smallest absolute Gasteiger partial charge is 0.348 e. The molecular weight excluding hydrogens is 390 g/mol. The van der Waals surface area contributed by atoms with Gasteiger partial charge in [0.05, 0.1) is 17.2 Å². The molecule has 0 atom stereocenters. The number of ether oxygens (including phenoxy) is 1. The van der Waals surface area contributed by atoms with E-state index >= 15 is 0 Å². The first kappa shape index (κ1) is 21.5. The lowest BCUT2D eigenvalue weighted by atomic mass is 10.2. The molecule has 0 aliphatic rings. The van der Waals surface area contributed by atoms with Gasteiger partial charge in [-0.25, -0.2) is 13.6 Å². The number of halogens is 2. The zero-order chi connectivity index (χ0) is 20.7. The van der Waals surface area contributed by atoms with Gasteiger partial charge < -0.3 is 15.4 Å². The molecule has 2 N–H and O–H groups in total. The topological polar surface area (TPSA) is 84.5 Å². The highest BCUT2D eigenvalue weighted by molar-refractivity contribution is 7.18. The number of nitrogens with one attached hydrogen (secondary N) is 2. The molecule has 1 heterocycles. The number of esters is 1. The van der Waals surface area contributed by atoms with E-state index in [2.05, 4.69) is 10.6 Å². The summed E-state index contributed by atoms with van der Waals surface area (Å²) < 4.78 is 31.3. The van der Waals surface area contributed by atoms with Crippen molar-refractivity contribution >= 4 is 34.1 Å². The molecule has 0 aliphatic heterocycles. The zero-order valence-electron chi connectivity index (χ0n) is 15.4. The molecule has 2 aromatic rings. The van der Waals surface area contributed by atoms with Crippen molar-refractivity contribution in [3.05, 3.63) is 51.9 Å². The molecule has 0 saturated heterocycles. The second-order valence-electron chi connectivity index (χ2n) is 5.88. The van der Waals surface area contributed by atoms with Crippen LogP contribution >= 0.6 is 11.3 Å². The molecule has 6 nitrogen and oxygen atoms in total. The van der Waals surface area contributed by atoms with E-state index in [9.17, 15) is 23.2 Å². The molecule has 2 rings (SSSR count). The van der Waals surface area contributed by atoms with Crippen LogP contribution in [0.1, 0.15) is 45.4 Å². The first-order chi connectivity index (χ1) is 13.3. The van der Waals surface area contributed by atoms with Crippen molar-refractivity contribution in [3.8, 4) is 0 Å². The molecule has 0 radical (unpaired) electrons. The minimum atomic E-state index is -0.944. The number of hydrogen-bond donors (Lipinski definition) is 2. The van der Waals surface area contributed by atoms with Crippen LogP contribution in [0, 0.1) is 18.6 Å². The van der Waals surface area contributed by atoms with Gasteiger partial charge in [0.1, 0.15) is 16.5 Å². The van der Waals surface area contributed by atoms with Gasteiger partial charge in [-0.2, -0.15) is 0 Å². The molecule has 9 heteroatoms. The van der Waals surface area contributed by atoms with Gasteiger partial charge in [-0.3, -0.25) is 9.59 Å². The van der Waals surface area contributed by atoms with E-state index in [0.717, 1.165) is 23.5 Å². The van der Waals surface area contributed by atoms with E-state index in [1.807, 2.05) is 0 Å². The van der Waals surface area contributed by atoms with Gasteiger partial charge in [0.25, 0.3) is 5.91 Å². The summed E-state index contributed by atoms with van der Waals surface area (Å²) in [5.41, 5.74) is 0.457. The van der Waals surface area contributed by atoms with Gasteiger partial charge in [-0.1, -0.05) is 0 Å². The highest BCUT2D eigenvalue weighted by Crippen LogP contribution is 2.27. The van der Waals surface area contributed by atoms with Crippen LogP contribution in [-0.2, 0) is 9.53 Å². The predicted octanol–water partition coefficient (Wildman–Crippen LogP) is 3.66. The van der Waals surface area contributed by atoms with E-state index in [4.69, 9.17) is 4.74 Å². The molecule has 0 fully saturated rings. The van der Waals surface area contributed by atoms with Gasteiger partial charge in [0.15, 0.2) is 0 Å². The van der Waals surface area contributed by atoms with Crippen molar-refractivity contribution in [3.63, 3.8) is 0 Å². The zero-order valence-corrected chi connectivity index (χ0v) is 16.3. The first-order valence-corrected chi connectivity index (χ1v) is 9.44. The maximum absolute atomic E-state index is 13.5. The number of benzene rings is 1. The number of thiophene rings is 1. The molecule has 0 bridgehead atoms. The maximum Gasteiger partial charge on any atom is 0.348 e. The van der Waals surface area contributed by atoms with E-state index in [1.165, 1.54) is 0 Å². The monoisotopic (exact) mass is 410 g/mol. The van der Waals surface area contributed by atoms with E-state index in [0.29, 0.717) is 27.9 Å². The average molecular weight is 410 g/mol. The summed E-state index contributed by atoms with van der Waals surface area (Å²) in [6, 6.07) is 4.38. The molecule has 0 unspecified atom stereocenters. The summed E-state index contributed by atoms with van der Waals surface area (Å²) in [4.78, 5) is 36.1. The average Bonchev–Trinajstić information content (AvgIpc) is 2.99. The number of rotatable bonds is 8. The second kappa shape index (κ2) is 9.93. The highest BCUT2D eigenvalue weighted by atomic mass is 32.1.